The standard InChI is InChI=1S/C15H22N4/c16-7-11-18(13-15-5-2-1-3-6-15)9-4-10-19-12-8-17-14-19/h1-3,5-6,8,12,14H,4,7,9-11,13,16H2. The number of hydrogen-bond acceptors (Lipinski definition) is 3. The topological polar surface area (TPSA) is 47.1 Å². The van der Waals surface area contributed by atoms with Crippen LogP contribution in [0.1, 0.15) is 12.0 Å². The molecule has 0 aliphatic rings. The lowest BCUT2D eigenvalue weighted by Gasteiger charge is -2.21. The van der Waals surface area contributed by atoms with E-state index in [1.54, 1.807) is 0 Å². The van der Waals surface area contributed by atoms with Crippen LogP contribution in [-0.2, 0) is 13.1 Å². The Morgan fingerprint density at radius 1 is 1.16 bits per heavy atom. The van der Waals surface area contributed by atoms with E-state index in [0.29, 0.717) is 6.54 Å². The smallest absolute Gasteiger partial charge is 0.0945 e. The first kappa shape index (κ1) is 13.8. The first-order valence-electron chi connectivity index (χ1n) is 6.80. The molecular weight excluding hydrogens is 236 g/mol. The van der Waals surface area contributed by atoms with E-state index < -0.39 is 0 Å². The van der Waals surface area contributed by atoms with Crippen molar-refractivity contribution in [1.29, 1.82) is 0 Å². The molecule has 102 valence electrons. The molecule has 0 aliphatic heterocycles. The van der Waals surface area contributed by atoms with Crippen LogP contribution in [0.15, 0.2) is 49.1 Å². The Balaban J connectivity index is 1.79. The van der Waals surface area contributed by atoms with Crippen molar-refractivity contribution in [2.24, 2.45) is 5.73 Å². The molecule has 4 heteroatoms. The van der Waals surface area contributed by atoms with Crippen molar-refractivity contribution < 1.29 is 0 Å². The van der Waals surface area contributed by atoms with Crippen molar-refractivity contribution in [3.05, 3.63) is 54.6 Å². The van der Waals surface area contributed by atoms with Crippen molar-refractivity contribution in [2.75, 3.05) is 19.6 Å². The molecule has 0 saturated carbocycles. The van der Waals surface area contributed by atoms with Gasteiger partial charge in [-0.05, 0) is 12.0 Å². The second-order valence-electron chi connectivity index (χ2n) is 4.70. The van der Waals surface area contributed by atoms with Crippen molar-refractivity contribution in [2.45, 2.75) is 19.5 Å². The minimum atomic E-state index is 0.706. The molecule has 1 aromatic carbocycles. The predicted molar refractivity (Wildman–Crippen MR) is 77.6 cm³/mol. The normalized spacial score (nSPS) is 11.1. The Morgan fingerprint density at radius 3 is 2.68 bits per heavy atom. The lowest BCUT2D eigenvalue weighted by molar-refractivity contribution is 0.264. The van der Waals surface area contributed by atoms with Crippen molar-refractivity contribution in [1.82, 2.24) is 14.5 Å². The number of benzene rings is 1. The minimum Gasteiger partial charge on any atom is -0.337 e. The van der Waals surface area contributed by atoms with E-state index >= 15 is 0 Å². The number of imidazole rings is 1. The SMILES string of the molecule is NCCN(CCCn1ccnc1)Cc1ccccc1. The van der Waals surface area contributed by atoms with Crippen LogP contribution >= 0.6 is 0 Å². The zero-order chi connectivity index (χ0) is 13.3. The van der Waals surface area contributed by atoms with Gasteiger partial charge in [-0.3, -0.25) is 4.90 Å². The minimum absolute atomic E-state index is 0.706. The van der Waals surface area contributed by atoms with Crippen LogP contribution in [0.4, 0.5) is 0 Å². The summed E-state index contributed by atoms with van der Waals surface area (Å²) in [7, 11) is 0. The zero-order valence-electron chi connectivity index (χ0n) is 11.3. The summed E-state index contributed by atoms with van der Waals surface area (Å²) in [6.45, 7) is 4.69. The second kappa shape index (κ2) is 7.71. The first-order valence-corrected chi connectivity index (χ1v) is 6.80. The number of hydrogen-bond donors (Lipinski definition) is 1. The molecule has 19 heavy (non-hydrogen) atoms. The summed E-state index contributed by atoms with van der Waals surface area (Å²) in [5.74, 6) is 0. The highest BCUT2D eigenvalue weighted by Crippen LogP contribution is 2.05. The summed E-state index contributed by atoms with van der Waals surface area (Å²) in [4.78, 5) is 6.46. The average Bonchev–Trinajstić information content (AvgIpc) is 2.93. The molecule has 0 saturated heterocycles. The number of rotatable bonds is 8. The molecule has 0 atom stereocenters. The van der Waals surface area contributed by atoms with E-state index in [2.05, 4.69) is 44.8 Å². The van der Waals surface area contributed by atoms with Crippen LogP contribution < -0.4 is 5.73 Å². The highest BCUT2D eigenvalue weighted by Gasteiger charge is 2.04. The van der Waals surface area contributed by atoms with Crippen molar-refractivity contribution in [3.8, 4) is 0 Å². The lowest BCUT2D eigenvalue weighted by Crippen LogP contribution is -2.30. The van der Waals surface area contributed by atoms with Gasteiger partial charge in [0.1, 0.15) is 0 Å². The van der Waals surface area contributed by atoms with Crippen molar-refractivity contribution in [3.63, 3.8) is 0 Å². The van der Waals surface area contributed by atoms with Crippen molar-refractivity contribution >= 4 is 0 Å². The average molecular weight is 258 g/mol. The molecular formula is C15H22N4. The third kappa shape index (κ3) is 4.85. The van der Waals surface area contributed by atoms with Gasteiger partial charge < -0.3 is 10.3 Å². The monoisotopic (exact) mass is 258 g/mol. The van der Waals surface area contributed by atoms with Crippen LogP contribution in [0.3, 0.4) is 0 Å². The number of nitrogens with zero attached hydrogens (tertiary/aromatic N) is 3. The van der Waals surface area contributed by atoms with E-state index in [4.69, 9.17) is 5.73 Å². The number of aromatic nitrogens is 2. The molecule has 2 N–H and O–H groups in total. The number of nitrogens with two attached hydrogens (primary N) is 1. The Kier molecular flexibility index (Phi) is 5.59. The Labute approximate surface area is 114 Å². The largest absolute Gasteiger partial charge is 0.337 e. The predicted octanol–water partition coefficient (Wildman–Crippen LogP) is 1.73. The third-order valence-corrected chi connectivity index (χ3v) is 3.14. The second-order valence-corrected chi connectivity index (χ2v) is 4.70. The third-order valence-electron chi connectivity index (χ3n) is 3.14. The van der Waals surface area contributed by atoms with Gasteiger partial charge in [0.2, 0.25) is 0 Å². The molecule has 2 aromatic rings. The Hall–Kier alpha value is -1.65. The molecule has 0 fully saturated rings. The maximum absolute atomic E-state index is 5.69. The van der Waals surface area contributed by atoms with E-state index in [-0.39, 0.29) is 0 Å². The molecule has 0 amide bonds. The fraction of sp³-hybridized carbons (Fsp3) is 0.400. The van der Waals surface area contributed by atoms with Gasteiger partial charge in [0.05, 0.1) is 6.33 Å². The van der Waals surface area contributed by atoms with Gasteiger partial charge in [0, 0.05) is 45.1 Å². The molecule has 0 bridgehead atoms. The van der Waals surface area contributed by atoms with E-state index in [1.807, 2.05) is 18.7 Å². The van der Waals surface area contributed by atoms with Gasteiger partial charge in [-0.15, -0.1) is 0 Å². The van der Waals surface area contributed by atoms with E-state index in [9.17, 15) is 0 Å². The molecule has 2 rings (SSSR count). The highest BCUT2D eigenvalue weighted by atomic mass is 15.1. The molecule has 0 unspecified atom stereocenters. The molecule has 1 aromatic heterocycles. The van der Waals surface area contributed by atoms with Crippen LogP contribution in [0, 0.1) is 0 Å². The lowest BCUT2D eigenvalue weighted by atomic mass is 10.2. The van der Waals surface area contributed by atoms with E-state index in [1.165, 1.54) is 5.56 Å². The van der Waals surface area contributed by atoms with Crippen LogP contribution in [-0.4, -0.2) is 34.1 Å². The highest BCUT2D eigenvalue weighted by molar-refractivity contribution is 5.14. The quantitative estimate of drug-likeness (QED) is 0.784. The summed E-state index contributed by atoms with van der Waals surface area (Å²) in [5.41, 5.74) is 7.04. The van der Waals surface area contributed by atoms with Gasteiger partial charge in [0.25, 0.3) is 0 Å². The fourth-order valence-corrected chi connectivity index (χ4v) is 2.19. The van der Waals surface area contributed by atoms with Gasteiger partial charge in [-0.25, -0.2) is 4.98 Å². The molecule has 0 spiro atoms. The summed E-state index contributed by atoms with van der Waals surface area (Å²) in [5, 5.41) is 0. The number of aryl methyl sites for hydroxylation is 1. The zero-order valence-corrected chi connectivity index (χ0v) is 11.3. The van der Waals surface area contributed by atoms with Gasteiger partial charge in [-0.2, -0.15) is 0 Å². The molecule has 1 heterocycles. The maximum atomic E-state index is 5.69. The van der Waals surface area contributed by atoms with Gasteiger partial charge in [0.15, 0.2) is 0 Å². The molecule has 0 radical (unpaired) electrons. The maximum Gasteiger partial charge on any atom is 0.0945 e. The summed E-state index contributed by atoms with van der Waals surface area (Å²) >= 11 is 0. The fourth-order valence-electron chi connectivity index (χ4n) is 2.19. The Morgan fingerprint density at radius 2 is 2.00 bits per heavy atom. The summed E-state index contributed by atoms with van der Waals surface area (Å²) in [6, 6.07) is 10.6. The molecule has 0 aliphatic carbocycles. The molecule has 4 nitrogen and oxygen atoms in total. The van der Waals surface area contributed by atoms with Crippen LogP contribution in [0.2, 0.25) is 0 Å². The first-order chi connectivity index (χ1) is 9.38. The van der Waals surface area contributed by atoms with E-state index in [0.717, 1.165) is 32.6 Å². The van der Waals surface area contributed by atoms with Crippen LogP contribution in [0.5, 0.6) is 0 Å². The summed E-state index contributed by atoms with van der Waals surface area (Å²) in [6.07, 6.45) is 6.81. The van der Waals surface area contributed by atoms with Crippen LogP contribution in [0.25, 0.3) is 0 Å². The Bertz CT molecular complexity index is 438. The van der Waals surface area contributed by atoms with Gasteiger partial charge in [-0.1, -0.05) is 30.3 Å². The van der Waals surface area contributed by atoms with Gasteiger partial charge >= 0.3 is 0 Å². The summed E-state index contributed by atoms with van der Waals surface area (Å²) < 4.78 is 2.11.